The number of carbonyl (C=O) groups excluding carboxylic acids is 4. The van der Waals surface area contributed by atoms with Gasteiger partial charge < -0.3 is 21.1 Å². The van der Waals surface area contributed by atoms with E-state index in [0.717, 1.165) is 10.9 Å². The van der Waals surface area contributed by atoms with E-state index < -0.39 is 46.9 Å². The second-order valence-electron chi connectivity index (χ2n) is 8.17. The number of nitrogens with one attached hydrogen (secondary N) is 2. The molecule has 0 saturated carbocycles. The zero-order chi connectivity index (χ0) is 24.9. The molecular weight excluding hydrogens is 448 g/mol. The number of thiol groups is 1. The number of rotatable bonds is 10. The van der Waals surface area contributed by atoms with E-state index >= 15 is 0 Å². The normalized spacial score (nSPS) is 13.8. The molecule has 1 aromatic carbocycles. The van der Waals surface area contributed by atoms with Crippen molar-refractivity contribution in [1.82, 2.24) is 15.2 Å². The first-order valence-electron chi connectivity index (χ1n) is 10.3. The average Bonchev–Trinajstić information content (AvgIpc) is 3.14. The summed E-state index contributed by atoms with van der Waals surface area (Å²) in [4.78, 5) is 65.0. The third kappa shape index (κ3) is 6.35. The lowest BCUT2D eigenvalue weighted by Crippen LogP contribution is -2.59. The molecule has 0 aliphatic rings. The highest BCUT2D eigenvalue weighted by Crippen LogP contribution is 2.22. The number of nitrogens with zero attached hydrogens (tertiary/aromatic N) is 1. The summed E-state index contributed by atoms with van der Waals surface area (Å²) in [5.41, 5.74) is 6.78. The molecule has 33 heavy (non-hydrogen) atoms. The van der Waals surface area contributed by atoms with Gasteiger partial charge >= 0.3 is 12.0 Å². The second-order valence-corrected chi connectivity index (χ2v) is 8.68. The summed E-state index contributed by atoms with van der Waals surface area (Å²) in [6.07, 6.45) is 1.50. The van der Waals surface area contributed by atoms with Gasteiger partial charge in [-0.25, -0.2) is 14.5 Å². The van der Waals surface area contributed by atoms with Crippen molar-refractivity contribution >= 4 is 53.1 Å². The first kappa shape index (κ1) is 25.9. The Kier molecular flexibility index (Phi) is 8.63. The molecule has 11 heteroatoms. The van der Waals surface area contributed by atoms with Gasteiger partial charge in [0.1, 0.15) is 17.3 Å². The van der Waals surface area contributed by atoms with Gasteiger partial charge in [0.15, 0.2) is 5.78 Å². The fourth-order valence-electron chi connectivity index (χ4n) is 3.51. The Morgan fingerprint density at radius 2 is 1.82 bits per heavy atom. The summed E-state index contributed by atoms with van der Waals surface area (Å²) in [6.45, 7) is 4.74. The molecule has 0 fully saturated rings. The molecule has 1 aromatic heterocycles. The third-order valence-electron chi connectivity index (χ3n) is 5.11. The van der Waals surface area contributed by atoms with Crippen molar-refractivity contribution < 1.29 is 29.1 Å². The number of fused-ring (bicyclic) bond motifs is 1. The monoisotopic (exact) mass is 476 g/mol. The van der Waals surface area contributed by atoms with Crippen molar-refractivity contribution in [2.24, 2.45) is 11.7 Å². The molecular formula is C22H28N4O6S. The maximum Gasteiger partial charge on any atom is 0.327 e. The fraction of sp³-hybridized carbons (Fsp3) is 0.409. The number of hydrogen-bond acceptors (Lipinski definition) is 6. The number of carboxylic acids is 1. The third-order valence-corrected chi connectivity index (χ3v) is 5.71. The Bertz CT molecular complexity index is 1070. The lowest BCUT2D eigenvalue weighted by atomic mass is 9.99. The van der Waals surface area contributed by atoms with Crippen LogP contribution in [0.3, 0.4) is 0 Å². The van der Waals surface area contributed by atoms with Gasteiger partial charge in [-0.3, -0.25) is 14.4 Å². The Balaban J connectivity index is 2.39. The summed E-state index contributed by atoms with van der Waals surface area (Å²) >= 11 is 3.94. The first-order chi connectivity index (χ1) is 15.4. The van der Waals surface area contributed by atoms with E-state index in [2.05, 4.69) is 22.9 Å². The molecule has 0 saturated heterocycles. The zero-order valence-electron chi connectivity index (χ0n) is 18.6. The van der Waals surface area contributed by atoms with Gasteiger partial charge in [-0.05, 0) is 30.9 Å². The SMILES string of the molecule is CC(=O)C(S)C(=O)N[C@@H](CC(C)C)C(=O)N(C(N)=O)[C@@H](Cc1c[nH]c2ccccc12)C(=O)O. The van der Waals surface area contributed by atoms with E-state index in [1.165, 1.54) is 6.92 Å². The number of para-hydroxylation sites is 1. The number of H-pyrrole nitrogens is 1. The van der Waals surface area contributed by atoms with Crippen LogP contribution < -0.4 is 11.1 Å². The van der Waals surface area contributed by atoms with Crippen molar-refractivity contribution in [3.63, 3.8) is 0 Å². The number of nitrogens with two attached hydrogens (primary N) is 1. The van der Waals surface area contributed by atoms with Crippen LogP contribution in [0, 0.1) is 5.92 Å². The summed E-state index contributed by atoms with van der Waals surface area (Å²) in [6, 6.07) is 3.04. The average molecular weight is 477 g/mol. The Labute approximate surface area is 196 Å². The molecule has 178 valence electrons. The Morgan fingerprint density at radius 1 is 1.18 bits per heavy atom. The number of aliphatic carboxylic acids is 1. The molecule has 0 radical (unpaired) electrons. The van der Waals surface area contributed by atoms with E-state index in [0.29, 0.717) is 10.5 Å². The maximum atomic E-state index is 13.3. The molecule has 3 atom stereocenters. The van der Waals surface area contributed by atoms with Gasteiger partial charge in [-0.15, -0.1) is 0 Å². The lowest BCUT2D eigenvalue weighted by Gasteiger charge is -2.30. The largest absolute Gasteiger partial charge is 0.480 e. The molecule has 0 aliphatic heterocycles. The molecule has 0 aliphatic carbocycles. The predicted molar refractivity (Wildman–Crippen MR) is 125 cm³/mol. The van der Waals surface area contributed by atoms with Gasteiger partial charge in [0.05, 0.1) is 0 Å². The van der Waals surface area contributed by atoms with Crippen LogP contribution in [0.5, 0.6) is 0 Å². The van der Waals surface area contributed by atoms with Crippen molar-refractivity contribution in [3.8, 4) is 0 Å². The summed E-state index contributed by atoms with van der Waals surface area (Å²) in [5.74, 6) is -3.86. The van der Waals surface area contributed by atoms with Crippen LogP contribution in [-0.4, -0.2) is 61.9 Å². The number of primary amides is 1. The van der Waals surface area contributed by atoms with Gasteiger partial charge in [0.2, 0.25) is 5.91 Å². The minimum Gasteiger partial charge on any atom is -0.480 e. The van der Waals surface area contributed by atoms with Crippen LogP contribution in [0.25, 0.3) is 10.9 Å². The number of ketones is 1. The van der Waals surface area contributed by atoms with Crippen molar-refractivity contribution in [3.05, 3.63) is 36.0 Å². The maximum absolute atomic E-state index is 13.3. The van der Waals surface area contributed by atoms with E-state index in [1.807, 2.05) is 12.1 Å². The number of urea groups is 1. The van der Waals surface area contributed by atoms with E-state index in [9.17, 15) is 29.1 Å². The molecule has 2 aromatic rings. The van der Waals surface area contributed by atoms with Gasteiger partial charge in [-0.2, -0.15) is 12.6 Å². The van der Waals surface area contributed by atoms with Crippen molar-refractivity contribution in [2.75, 3.05) is 0 Å². The molecule has 4 amide bonds. The van der Waals surface area contributed by atoms with Crippen molar-refractivity contribution in [2.45, 2.75) is 50.9 Å². The summed E-state index contributed by atoms with van der Waals surface area (Å²) in [5, 5.41) is 11.7. The van der Waals surface area contributed by atoms with E-state index in [1.54, 1.807) is 32.2 Å². The number of carboxylic acid groups (broad SMARTS) is 1. The van der Waals surface area contributed by atoms with Gasteiger partial charge in [0, 0.05) is 23.5 Å². The number of hydrogen-bond donors (Lipinski definition) is 5. The topological polar surface area (TPSA) is 163 Å². The summed E-state index contributed by atoms with van der Waals surface area (Å²) < 4.78 is 0. The lowest BCUT2D eigenvalue weighted by molar-refractivity contribution is -0.148. The number of Topliss-reactive ketones (excluding diaryl/α,β-unsaturated/α-hetero) is 1. The molecule has 1 heterocycles. The van der Waals surface area contributed by atoms with Crippen LogP contribution in [0.15, 0.2) is 30.5 Å². The zero-order valence-corrected chi connectivity index (χ0v) is 19.5. The number of imide groups is 1. The molecule has 0 spiro atoms. The Morgan fingerprint density at radius 3 is 2.36 bits per heavy atom. The Hall–Kier alpha value is -3.34. The highest BCUT2D eigenvalue weighted by Gasteiger charge is 2.39. The highest BCUT2D eigenvalue weighted by molar-refractivity contribution is 7.82. The van der Waals surface area contributed by atoms with Crippen LogP contribution in [-0.2, 0) is 25.6 Å². The van der Waals surface area contributed by atoms with Gasteiger partial charge in [-0.1, -0.05) is 32.0 Å². The van der Waals surface area contributed by atoms with Crippen LogP contribution >= 0.6 is 12.6 Å². The predicted octanol–water partition coefficient (Wildman–Crippen LogP) is 1.49. The first-order valence-corrected chi connectivity index (χ1v) is 10.8. The quantitative estimate of drug-likeness (QED) is 0.258. The highest BCUT2D eigenvalue weighted by atomic mass is 32.1. The molecule has 2 rings (SSSR count). The summed E-state index contributed by atoms with van der Waals surface area (Å²) in [7, 11) is 0. The number of benzene rings is 1. The molecule has 10 nitrogen and oxygen atoms in total. The number of aromatic nitrogens is 1. The standard InChI is InChI=1S/C22H28N4O6S/c1-11(2)8-16(25-19(28)18(33)12(3)27)20(29)26(22(23)32)17(21(30)31)9-13-10-24-15-7-5-4-6-14(13)15/h4-7,10-11,16-18,24,33H,8-9H2,1-3H3,(H2,23,32)(H,25,28)(H,30,31)/t16-,17-,18?/m0/s1. The number of amides is 4. The molecule has 0 bridgehead atoms. The van der Waals surface area contributed by atoms with E-state index in [-0.39, 0.29) is 18.8 Å². The van der Waals surface area contributed by atoms with Gasteiger partial charge in [0.25, 0.3) is 5.91 Å². The molecule has 1 unspecified atom stereocenters. The number of aromatic amines is 1. The van der Waals surface area contributed by atoms with E-state index in [4.69, 9.17) is 5.73 Å². The van der Waals surface area contributed by atoms with Crippen molar-refractivity contribution in [1.29, 1.82) is 0 Å². The number of carbonyl (C=O) groups is 5. The van der Waals surface area contributed by atoms with Crippen LogP contribution in [0.4, 0.5) is 4.79 Å². The minimum absolute atomic E-state index is 0.0895. The van der Waals surface area contributed by atoms with Crippen LogP contribution in [0.1, 0.15) is 32.8 Å². The molecule has 5 N–H and O–H groups in total. The second kappa shape index (κ2) is 11.0. The fourth-order valence-corrected chi connectivity index (χ4v) is 3.58. The van der Waals surface area contributed by atoms with Crippen LogP contribution in [0.2, 0.25) is 0 Å². The minimum atomic E-state index is -1.61. The smallest absolute Gasteiger partial charge is 0.327 e.